The van der Waals surface area contributed by atoms with Gasteiger partial charge in [0.25, 0.3) is 5.69 Å². The van der Waals surface area contributed by atoms with Crippen LogP contribution in [0.15, 0.2) is 24.3 Å². The molecule has 0 aliphatic heterocycles. The van der Waals surface area contributed by atoms with E-state index in [1.54, 1.807) is 0 Å². The normalized spacial score (nSPS) is 11.6. The maximum Gasteiger partial charge on any atom is 0.330 e. The molecule has 2 N–H and O–H groups in total. The van der Waals surface area contributed by atoms with Gasteiger partial charge in [-0.15, -0.1) is 0 Å². The van der Waals surface area contributed by atoms with Gasteiger partial charge in [0.2, 0.25) is 5.91 Å². The number of rotatable bonds is 4. The van der Waals surface area contributed by atoms with Crippen molar-refractivity contribution in [1.82, 2.24) is 5.32 Å². The van der Waals surface area contributed by atoms with E-state index in [0.29, 0.717) is 0 Å². The molecule has 1 aromatic carbocycles. The Morgan fingerprint density at radius 2 is 2.12 bits per heavy atom. The fourth-order valence-electron chi connectivity index (χ4n) is 1.31. The molecule has 0 saturated heterocycles. The van der Waals surface area contributed by atoms with Crippen LogP contribution in [0.4, 0.5) is 5.69 Å². The number of amides is 1. The molecule has 0 spiro atoms. The Morgan fingerprint density at radius 3 is 2.59 bits per heavy atom. The van der Waals surface area contributed by atoms with Crippen LogP contribution < -0.4 is 5.32 Å². The van der Waals surface area contributed by atoms with E-state index in [0.717, 1.165) is 6.07 Å². The molecule has 1 rings (SSSR count). The monoisotopic (exact) mass is 238 g/mol. The zero-order valence-electron chi connectivity index (χ0n) is 8.91. The average molecular weight is 238 g/mol. The van der Waals surface area contributed by atoms with Gasteiger partial charge in [0.15, 0.2) is 6.04 Å². The molecule has 0 aliphatic rings. The minimum Gasteiger partial charge on any atom is -0.479 e. The summed E-state index contributed by atoms with van der Waals surface area (Å²) in [6, 6.07) is 3.85. The summed E-state index contributed by atoms with van der Waals surface area (Å²) in [6.07, 6.45) is 0. The summed E-state index contributed by atoms with van der Waals surface area (Å²) in [4.78, 5) is 31.7. The minimum atomic E-state index is -1.28. The topological polar surface area (TPSA) is 110 Å². The van der Waals surface area contributed by atoms with Crippen molar-refractivity contribution in [2.45, 2.75) is 13.0 Å². The fraction of sp³-hybridized carbons (Fsp3) is 0.200. The third-order valence-electron chi connectivity index (χ3n) is 2.01. The Morgan fingerprint density at radius 1 is 1.47 bits per heavy atom. The van der Waals surface area contributed by atoms with Crippen LogP contribution >= 0.6 is 0 Å². The van der Waals surface area contributed by atoms with Gasteiger partial charge in [-0.05, 0) is 5.56 Å². The average Bonchev–Trinajstić information content (AvgIpc) is 2.25. The van der Waals surface area contributed by atoms with E-state index in [1.807, 2.05) is 0 Å². The van der Waals surface area contributed by atoms with Crippen LogP contribution in [0.3, 0.4) is 0 Å². The second-order valence-corrected chi connectivity index (χ2v) is 3.32. The second-order valence-electron chi connectivity index (χ2n) is 3.32. The highest BCUT2D eigenvalue weighted by molar-refractivity contribution is 5.83. The molecule has 1 amide bonds. The lowest BCUT2D eigenvalue weighted by molar-refractivity contribution is -0.384. The predicted octanol–water partition coefficient (Wildman–Crippen LogP) is 0.857. The smallest absolute Gasteiger partial charge is 0.330 e. The number of carboxylic acids is 1. The number of hydrogen-bond donors (Lipinski definition) is 2. The van der Waals surface area contributed by atoms with Crippen molar-refractivity contribution in [3.05, 3.63) is 39.9 Å². The number of aliphatic carboxylic acids is 1. The van der Waals surface area contributed by atoms with Crippen LogP contribution in [0.5, 0.6) is 0 Å². The quantitative estimate of drug-likeness (QED) is 0.597. The van der Waals surface area contributed by atoms with E-state index in [4.69, 9.17) is 5.11 Å². The molecular formula is C10H10N2O5. The summed E-state index contributed by atoms with van der Waals surface area (Å²) in [5.41, 5.74) is -0.0685. The van der Waals surface area contributed by atoms with E-state index >= 15 is 0 Å². The Balaban J connectivity index is 3.10. The van der Waals surface area contributed by atoms with E-state index in [2.05, 4.69) is 5.32 Å². The summed E-state index contributed by atoms with van der Waals surface area (Å²) in [5, 5.41) is 21.7. The molecular weight excluding hydrogens is 228 g/mol. The molecule has 0 saturated carbocycles. The SMILES string of the molecule is CC(=O)NC(C(=O)O)c1cccc([N+](=O)[O-])c1. The van der Waals surface area contributed by atoms with Crippen molar-refractivity contribution in [1.29, 1.82) is 0 Å². The number of nitrogens with one attached hydrogen (secondary N) is 1. The Kier molecular flexibility index (Phi) is 3.76. The molecule has 0 heterocycles. The van der Waals surface area contributed by atoms with Gasteiger partial charge in [0.1, 0.15) is 0 Å². The lowest BCUT2D eigenvalue weighted by Gasteiger charge is -2.13. The molecule has 1 unspecified atom stereocenters. The Hall–Kier alpha value is -2.44. The van der Waals surface area contributed by atoms with Gasteiger partial charge < -0.3 is 10.4 Å². The van der Waals surface area contributed by atoms with Crippen molar-refractivity contribution in [2.24, 2.45) is 0 Å². The summed E-state index contributed by atoms with van der Waals surface area (Å²) in [5.74, 6) is -1.80. The van der Waals surface area contributed by atoms with Crippen molar-refractivity contribution < 1.29 is 19.6 Å². The Labute approximate surface area is 96.2 Å². The number of carbonyl (C=O) groups excluding carboxylic acids is 1. The number of nitrogens with zero attached hydrogens (tertiary/aromatic N) is 1. The number of non-ortho nitro benzene ring substituents is 1. The molecule has 7 heteroatoms. The van der Waals surface area contributed by atoms with Crippen molar-refractivity contribution in [2.75, 3.05) is 0 Å². The molecule has 0 radical (unpaired) electrons. The van der Waals surface area contributed by atoms with Crippen molar-refractivity contribution in [3.8, 4) is 0 Å². The molecule has 90 valence electrons. The summed E-state index contributed by atoms with van der Waals surface area (Å²) < 4.78 is 0. The highest BCUT2D eigenvalue weighted by Gasteiger charge is 2.22. The van der Waals surface area contributed by atoms with Gasteiger partial charge in [-0.3, -0.25) is 14.9 Å². The molecule has 0 aliphatic carbocycles. The first-order valence-electron chi connectivity index (χ1n) is 4.66. The molecule has 1 atom stereocenters. The van der Waals surface area contributed by atoms with E-state index in [-0.39, 0.29) is 11.3 Å². The van der Waals surface area contributed by atoms with Gasteiger partial charge in [-0.1, -0.05) is 12.1 Å². The number of nitro benzene ring substituents is 1. The molecule has 0 fully saturated rings. The summed E-state index contributed by atoms with van der Waals surface area (Å²) >= 11 is 0. The molecule has 7 nitrogen and oxygen atoms in total. The van der Waals surface area contributed by atoms with Crippen LogP contribution in [-0.2, 0) is 9.59 Å². The first-order valence-corrected chi connectivity index (χ1v) is 4.66. The van der Waals surface area contributed by atoms with E-state index < -0.39 is 22.8 Å². The van der Waals surface area contributed by atoms with Crippen molar-refractivity contribution >= 4 is 17.6 Å². The Bertz CT molecular complexity index is 472. The third kappa shape index (κ3) is 3.26. The zero-order chi connectivity index (χ0) is 13.0. The van der Waals surface area contributed by atoms with E-state index in [9.17, 15) is 19.7 Å². The molecule has 17 heavy (non-hydrogen) atoms. The summed E-state index contributed by atoms with van der Waals surface area (Å²) in [6.45, 7) is 1.17. The van der Waals surface area contributed by atoms with Gasteiger partial charge >= 0.3 is 5.97 Å². The van der Waals surface area contributed by atoms with E-state index in [1.165, 1.54) is 25.1 Å². The number of nitro groups is 1. The number of benzene rings is 1. The molecule has 0 bridgehead atoms. The number of carboxylic acid groups (broad SMARTS) is 1. The van der Waals surface area contributed by atoms with Gasteiger partial charge in [0.05, 0.1) is 4.92 Å². The van der Waals surface area contributed by atoms with Gasteiger partial charge in [-0.25, -0.2) is 4.79 Å². The van der Waals surface area contributed by atoms with Gasteiger partial charge in [0, 0.05) is 19.1 Å². The standard InChI is InChI=1S/C10H10N2O5/c1-6(13)11-9(10(14)15)7-3-2-4-8(5-7)12(16)17/h2-5,9H,1H3,(H,11,13)(H,14,15). The van der Waals surface area contributed by atoms with Crippen LogP contribution in [0, 0.1) is 10.1 Å². The highest BCUT2D eigenvalue weighted by atomic mass is 16.6. The van der Waals surface area contributed by atoms with Crippen LogP contribution in [0.1, 0.15) is 18.5 Å². The lowest BCUT2D eigenvalue weighted by Crippen LogP contribution is -2.31. The molecule has 1 aromatic rings. The predicted molar refractivity (Wildman–Crippen MR) is 57.3 cm³/mol. The third-order valence-corrected chi connectivity index (χ3v) is 2.01. The highest BCUT2D eigenvalue weighted by Crippen LogP contribution is 2.19. The second kappa shape index (κ2) is 5.06. The minimum absolute atomic E-state index is 0.155. The lowest BCUT2D eigenvalue weighted by atomic mass is 10.1. The first-order chi connectivity index (χ1) is 7.91. The maximum absolute atomic E-state index is 10.9. The fourth-order valence-corrected chi connectivity index (χ4v) is 1.31. The van der Waals surface area contributed by atoms with Crippen LogP contribution in [0.25, 0.3) is 0 Å². The van der Waals surface area contributed by atoms with Crippen LogP contribution in [-0.4, -0.2) is 21.9 Å². The maximum atomic E-state index is 10.9. The number of hydrogen-bond acceptors (Lipinski definition) is 4. The van der Waals surface area contributed by atoms with Crippen molar-refractivity contribution in [3.63, 3.8) is 0 Å². The zero-order valence-corrected chi connectivity index (χ0v) is 8.91. The summed E-state index contributed by atoms with van der Waals surface area (Å²) in [7, 11) is 0. The number of carbonyl (C=O) groups is 2. The molecule has 0 aromatic heterocycles. The van der Waals surface area contributed by atoms with Gasteiger partial charge in [-0.2, -0.15) is 0 Å². The van der Waals surface area contributed by atoms with Crippen LogP contribution in [0.2, 0.25) is 0 Å². The first kappa shape index (κ1) is 12.6. The largest absolute Gasteiger partial charge is 0.479 e.